The fraction of sp³-hybridized carbons (Fsp3) is 0.545. The molecule has 1 rings (SSSR count). The smallest absolute Gasteiger partial charge is 0.291 e. The second kappa shape index (κ2) is 5.55. The number of likely N-dealkylation sites (N-methyl/N-ethyl adjacent to an activating group) is 1. The zero-order valence-electron chi connectivity index (χ0n) is 9.86. The predicted molar refractivity (Wildman–Crippen MR) is 62.5 cm³/mol. The van der Waals surface area contributed by atoms with E-state index in [0.29, 0.717) is 12.1 Å². The van der Waals surface area contributed by atoms with Crippen LogP contribution < -0.4 is 5.32 Å². The van der Waals surface area contributed by atoms with E-state index in [-0.39, 0.29) is 16.7 Å². The van der Waals surface area contributed by atoms with Crippen LogP contribution in [0.3, 0.4) is 0 Å². The van der Waals surface area contributed by atoms with Crippen LogP contribution in [0.1, 0.15) is 25.1 Å². The van der Waals surface area contributed by atoms with Gasteiger partial charge in [0.15, 0.2) is 0 Å². The summed E-state index contributed by atoms with van der Waals surface area (Å²) in [5.41, 5.74) is 1.47. The van der Waals surface area contributed by atoms with Crippen molar-refractivity contribution in [3.63, 3.8) is 0 Å². The number of aryl methyl sites for hydroxylation is 1. The number of nitrogens with zero attached hydrogens (tertiary/aromatic N) is 2. The minimum absolute atomic E-state index is 0.116. The molecular weight excluding hydrogens is 206 g/mol. The molecule has 1 unspecified atom stereocenters. The lowest BCUT2D eigenvalue weighted by molar-refractivity contribution is -0.386. The van der Waals surface area contributed by atoms with Gasteiger partial charge in [0, 0.05) is 24.7 Å². The third-order valence-corrected chi connectivity index (χ3v) is 2.33. The largest absolute Gasteiger partial charge is 0.314 e. The highest BCUT2D eigenvalue weighted by Gasteiger charge is 2.17. The first-order chi connectivity index (χ1) is 7.54. The lowest BCUT2D eigenvalue weighted by Crippen LogP contribution is -2.28. The van der Waals surface area contributed by atoms with Crippen molar-refractivity contribution in [2.45, 2.75) is 33.2 Å². The van der Waals surface area contributed by atoms with Crippen LogP contribution in [0.5, 0.6) is 0 Å². The average Bonchev–Trinajstić information content (AvgIpc) is 2.20. The van der Waals surface area contributed by atoms with Gasteiger partial charge < -0.3 is 5.32 Å². The van der Waals surface area contributed by atoms with Gasteiger partial charge >= 0.3 is 0 Å². The predicted octanol–water partition coefficient (Wildman–Crippen LogP) is 1.84. The minimum Gasteiger partial charge on any atom is -0.314 e. The summed E-state index contributed by atoms with van der Waals surface area (Å²) in [6.45, 7) is 6.65. The Kier molecular flexibility index (Phi) is 4.37. The summed E-state index contributed by atoms with van der Waals surface area (Å²) in [5.74, 6) is 0. The topological polar surface area (TPSA) is 68.1 Å². The lowest BCUT2D eigenvalue weighted by atomic mass is 10.1. The molecule has 1 N–H and O–H groups in total. The van der Waals surface area contributed by atoms with Crippen LogP contribution in [0.15, 0.2) is 12.3 Å². The second-order valence-corrected chi connectivity index (χ2v) is 3.90. The van der Waals surface area contributed by atoms with E-state index in [1.807, 2.05) is 13.8 Å². The van der Waals surface area contributed by atoms with Gasteiger partial charge in [-0.25, -0.2) is 0 Å². The van der Waals surface area contributed by atoms with Gasteiger partial charge in [0.05, 0.1) is 4.92 Å². The summed E-state index contributed by atoms with van der Waals surface area (Å²) >= 11 is 0. The molecule has 0 bridgehead atoms. The van der Waals surface area contributed by atoms with Crippen LogP contribution in [0.2, 0.25) is 0 Å². The van der Waals surface area contributed by atoms with E-state index in [2.05, 4.69) is 10.3 Å². The molecule has 0 spiro atoms. The fourth-order valence-corrected chi connectivity index (χ4v) is 1.61. The summed E-state index contributed by atoms with van der Waals surface area (Å²) in [6.07, 6.45) is 2.24. The quantitative estimate of drug-likeness (QED) is 0.611. The van der Waals surface area contributed by atoms with Crippen LogP contribution in [-0.4, -0.2) is 22.5 Å². The van der Waals surface area contributed by atoms with Crippen molar-refractivity contribution >= 4 is 5.69 Å². The highest BCUT2D eigenvalue weighted by atomic mass is 16.6. The molecule has 0 amide bonds. The van der Waals surface area contributed by atoms with E-state index in [1.54, 1.807) is 19.2 Å². The Labute approximate surface area is 95.0 Å². The Bertz CT molecular complexity index is 379. The van der Waals surface area contributed by atoms with Crippen molar-refractivity contribution in [1.82, 2.24) is 10.3 Å². The molecule has 0 saturated heterocycles. The average molecular weight is 223 g/mol. The molecule has 0 aliphatic carbocycles. The number of aromatic nitrogens is 1. The Morgan fingerprint density at radius 3 is 2.88 bits per heavy atom. The number of hydrogen-bond acceptors (Lipinski definition) is 4. The highest BCUT2D eigenvalue weighted by Crippen LogP contribution is 2.18. The molecule has 16 heavy (non-hydrogen) atoms. The van der Waals surface area contributed by atoms with Gasteiger partial charge in [0.2, 0.25) is 0 Å². The first-order valence-electron chi connectivity index (χ1n) is 5.38. The van der Waals surface area contributed by atoms with Gasteiger partial charge in [0.1, 0.15) is 5.69 Å². The number of nitrogens with one attached hydrogen (secondary N) is 1. The van der Waals surface area contributed by atoms with Crippen molar-refractivity contribution in [2.75, 3.05) is 6.54 Å². The lowest BCUT2D eigenvalue weighted by Gasteiger charge is -2.11. The zero-order valence-corrected chi connectivity index (χ0v) is 9.86. The number of pyridine rings is 1. The molecule has 1 atom stereocenters. The Morgan fingerprint density at radius 1 is 1.62 bits per heavy atom. The number of nitro groups is 1. The van der Waals surface area contributed by atoms with Crippen LogP contribution in [0.4, 0.5) is 5.69 Å². The Balaban J connectivity index is 2.90. The van der Waals surface area contributed by atoms with Crippen LogP contribution in [-0.2, 0) is 6.42 Å². The van der Waals surface area contributed by atoms with Crippen LogP contribution in [0, 0.1) is 17.0 Å². The molecule has 0 saturated carbocycles. The van der Waals surface area contributed by atoms with Crippen molar-refractivity contribution in [1.29, 1.82) is 0 Å². The van der Waals surface area contributed by atoms with Crippen LogP contribution in [0.25, 0.3) is 0 Å². The summed E-state index contributed by atoms with van der Waals surface area (Å²) in [7, 11) is 0. The van der Waals surface area contributed by atoms with Gasteiger partial charge in [-0.1, -0.05) is 6.92 Å². The molecule has 0 aliphatic rings. The van der Waals surface area contributed by atoms with Crippen molar-refractivity contribution in [2.24, 2.45) is 0 Å². The summed E-state index contributed by atoms with van der Waals surface area (Å²) < 4.78 is 0. The zero-order chi connectivity index (χ0) is 12.1. The first kappa shape index (κ1) is 12.6. The molecule has 0 radical (unpaired) electrons. The van der Waals surface area contributed by atoms with E-state index in [0.717, 1.165) is 12.1 Å². The monoisotopic (exact) mass is 223 g/mol. The molecule has 0 aliphatic heterocycles. The van der Waals surface area contributed by atoms with Gasteiger partial charge in [-0.2, -0.15) is 0 Å². The molecule has 1 aromatic heterocycles. The summed E-state index contributed by atoms with van der Waals surface area (Å²) in [4.78, 5) is 14.6. The maximum atomic E-state index is 10.9. The van der Waals surface area contributed by atoms with Gasteiger partial charge in [-0.15, -0.1) is 0 Å². The van der Waals surface area contributed by atoms with E-state index < -0.39 is 0 Å². The first-order valence-corrected chi connectivity index (χ1v) is 5.38. The molecule has 1 aromatic rings. The molecule has 0 aromatic carbocycles. The molecule has 5 heteroatoms. The summed E-state index contributed by atoms with van der Waals surface area (Å²) in [5, 5.41) is 14.1. The minimum atomic E-state index is -0.367. The van der Waals surface area contributed by atoms with Crippen molar-refractivity contribution in [3.8, 4) is 0 Å². The third kappa shape index (κ3) is 3.27. The van der Waals surface area contributed by atoms with Gasteiger partial charge in [0.25, 0.3) is 5.69 Å². The number of rotatable bonds is 5. The molecule has 0 fully saturated rings. The SMILES string of the molecule is CCNC(C)Cc1ncc(C)cc1[N+](=O)[O-]. The van der Waals surface area contributed by atoms with Gasteiger partial charge in [-0.3, -0.25) is 15.1 Å². The highest BCUT2D eigenvalue weighted by molar-refractivity contribution is 5.38. The molecule has 1 heterocycles. The standard InChI is InChI=1S/C11H17N3O2/c1-4-12-9(3)6-10-11(14(15)16)5-8(2)7-13-10/h5,7,9,12H,4,6H2,1-3H3. The Morgan fingerprint density at radius 2 is 2.31 bits per heavy atom. The van der Waals surface area contributed by atoms with Crippen molar-refractivity contribution < 1.29 is 4.92 Å². The Hall–Kier alpha value is -1.49. The van der Waals surface area contributed by atoms with E-state index in [1.165, 1.54) is 0 Å². The maximum absolute atomic E-state index is 10.9. The van der Waals surface area contributed by atoms with Crippen LogP contribution >= 0.6 is 0 Å². The summed E-state index contributed by atoms with van der Waals surface area (Å²) in [6, 6.07) is 1.76. The second-order valence-electron chi connectivity index (χ2n) is 3.90. The van der Waals surface area contributed by atoms with Gasteiger partial charge in [-0.05, 0) is 26.0 Å². The van der Waals surface area contributed by atoms with E-state index >= 15 is 0 Å². The number of hydrogen-bond donors (Lipinski definition) is 1. The molecular formula is C11H17N3O2. The van der Waals surface area contributed by atoms with E-state index in [4.69, 9.17) is 0 Å². The normalized spacial score (nSPS) is 12.4. The fourth-order valence-electron chi connectivity index (χ4n) is 1.61. The molecule has 88 valence electrons. The molecule has 5 nitrogen and oxygen atoms in total. The maximum Gasteiger partial charge on any atom is 0.291 e. The van der Waals surface area contributed by atoms with E-state index in [9.17, 15) is 10.1 Å². The van der Waals surface area contributed by atoms with Crippen molar-refractivity contribution in [3.05, 3.63) is 33.6 Å². The third-order valence-electron chi connectivity index (χ3n) is 2.33.